The average Bonchev–Trinajstić information content (AvgIpc) is 2.38. The molecule has 0 spiro atoms. The van der Waals surface area contributed by atoms with Gasteiger partial charge in [0.05, 0.1) is 18.0 Å². The normalized spacial score (nSPS) is 19.7. The van der Waals surface area contributed by atoms with Gasteiger partial charge in [-0.3, -0.25) is 0 Å². The predicted molar refractivity (Wildman–Crippen MR) is 73.2 cm³/mol. The fourth-order valence-electron chi connectivity index (χ4n) is 2.02. The van der Waals surface area contributed by atoms with E-state index in [0.717, 1.165) is 12.7 Å². The van der Waals surface area contributed by atoms with Crippen molar-refractivity contribution in [3.8, 4) is 0 Å². The van der Waals surface area contributed by atoms with Crippen LogP contribution in [-0.4, -0.2) is 54.9 Å². The van der Waals surface area contributed by atoms with Gasteiger partial charge >= 0.3 is 6.03 Å². The molecule has 20 heavy (non-hydrogen) atoms. The summed E-state index contributed by atoms with van der Waals surface area (Å²) in [4.78, 5) is 17.3. The summed E-state index contributed by atoms with van der Waals surface area (Å²) in [5.41, 5.74) is 0.419. The van der Waals surface area contributed by atoms with Gasteiger partial charge in [0.1, 0.15) is 0 Å². The molecule has 1 aliphatic heterocycles. The molecule has 1 aromatic heterocycles. The molecule has 2 rings (SSSR count). The molecule has 7 nitrogen and oxygen atoms in total. The lowest BCUT2D eigenvalue weighted by atomic mass is 10.1. The molecule has 1 unspecified atom stereocenters. The molecule has 1 atom stereocenters. The minimum absolute atomic E-state index is 0.0381. The Labute approximate surface area is 117 Å². The Morgan fingerprint density at radius 3 is 2.80 bits per heavy atom. The summed E-state index contributed by atoms with van der Waals surface area (Å²) in [6, 6.07) is 2.51. The summed E-state index contributed by atoms with van der Waals surface area (Å²) in [5.74, 6) is 0. The van der Waals surface area contributed by atoms with Gasteiger partial charge in [0.15, 0.2) is 14.9 Å². The number of urea groups is 1. The lowest BCUT2D eigenvalue weighted by Crippen LogP contribution is -2.44. The van der Waals surface area contributed by atoms with Crippen molar-refractivity contribution in [1.29, 1.82) is 0 Å². The van der Waals surface area contributed by atoms with E-state index in [1.165, 1.54) is 23.2 Å². The number of sulfone groups is 1. The summed E-state index contributed by atoms with van der Waals surface area (Å²) in [6.45, 7) is 0.901. The Morgan fingerprint density at radius 2 is 2.25 bits per heavy atom. The van der Waals surface area contributed by atoms with Crippen LogP contribution < -0.4 is 5.32 Å². The van der Waals surface area contributed by atoms with Crippen LogP contribution in [0.5, 0.6) is 0 Å². The number of hydrogen-bond donors (Lipinski definition) is 2. The van der Waals surface area contributed by atoms with E-state index >= 15 is 0 Å². The van der Waals surface area contributed by atoms with Crippen LogP contribution in [0.4, 0.5) is 10.5 Å². The number of carbonyl (C=O) groups excluding carboxylic acids is 1. The number of aromatic nitrogens is 1. The molecule has 2 amide bonds. The Balaban J connectivity index is 2.01. The molecule has 1 aliphatic rings. The molecule has 110 valence electrons. The maximum Gasteiger partial charge on any atom is 0.321 e. The molecule has 0 aliphatic carbocycles. The maximum absolute atomic E-state index is 12.0. The number of pyridine rings is 1. The number of aliphatic hydroxyl groups excluding tert-OH is 1. The number of β-amino-alcohol motifs (C(OH)–C–C–N with tert-alkyl or cyclic N) is 1. The SMILES string of the molecule is CS(=O)(=O)c1ccc(NC(=O)N2CCCC(O)C2)cn1. The van der Waals surface area contributed by atoms with Gasteiger partial charge in [-0.15, -0.1) is 0 Å². The number of nitrogens with one attached hydrogen (secondary N) is 1. The molecule has 1 fully saturated rings. The Hall–Kier alpha value is -1.67. The second-order valence-corrected chi connectivity index (χ2v) is 6.79. The highest BCUT2D eigenvalue weighted by Gasteiger charge is 2.22. The molecule has 1 saturated heterocycles. The molecule has 0 saturated carbocycles. The van der Waals surface area contributed by atoms with Gasteiger partial charge < -0.3 is 15.3 Å². The topological polar surface area (TPSA) is 99.6 Å². The molecule has 0 aromatic carbocycles. The van der Waals surface area contributed by atoms with Crippen molar-refractivity contribution in [3.63, 3.8) is 0 Å². The summed E-state index contributed by atoms with van der Waals surface area (Å²) < 4.78 is 22.5. The van der Waals surface area contributed by atoms with Crippen LogP contribution >= 0.6 is 0 Å². The Bertz CT molecular complexity index is 585. The Kier molecular flexibility index (Phi) is 4.24. The maximum atomic E-state index is 12.0. The average molecular weight is 299 g/mol. The highest BCUT2D eigenvalue weighted by molar-refractivity contribution is 7.90. The predicted octanol–water partition coefficient (Wildman–Crippen LogP) is 0.474. The zero-order chi connectivity index (χ0) is 14.8. The highest BCUT2D eigenvalue weighted by atomic mass is 32.2. The van der Waals surface area contributed by atoms with Crippen LogP contribution in [0.25, 0.3) is 0 Å². The minimum Gasteiger partial charge on any atom is -0.391 e. The van der Waals surface area contributed by atoms with Crippen LogP contribution in [0.15, 0.2) is 23.4 Å². The van der Waals surface area contributed by atoms with Crippen molar-refractivity contribution in [1.82, 2.24) is 9.88 Å². The molecule has 2 heterocycles. The van der Waals surface area contributed by atoms with E-state index in [-0.39, 0.29) is 11.1 Å². The van der Waals surface area contributed by atoms with Crippen molar-refractivity contribution >= 4 is 21.6 Å². The van der Waals surface area contributed by atoms with Crippen LogP contribution in [0.2, 0.25) is 0 Å². The van der Waals surface area contributed by atoms with E-state index in [9.17, 15) is 18.3 Å². The van der Waals surface area contributed by atoms with Gasteiger partial charge in [-0.2, -0.15) is 0 Å². The number of nitrogens with zero attached hydrogens (tertiary/aromatic N) is 2. The second kappa shape index (κ2) is 5.76. The van der Waals surface area contributed by atoms with Gasteiger partial charge in [-0.1, -0.05) is 0 Å². The fraction of sp³-hybridized carbons (Fsp3) is 0.500. The first-order chi connectivity index (χ1) is 9.36. The molecule has 0 bridgehead atoms. The zero-order valence-electron chi connectivity index (χ0n) is 11.1. The monoisotopic (exact) mass is 299 g/mol. The molecule has 1 aromatic rings. The Morgan fingerprint density at radius 1 is 1.50 bits per heavy atom. The second-order valence-electron chi connectivity index (χ2n) is 4.83. The molecular weight excluding hydrogens is 282 g/mol. The smallest absolute Gasteiger partial charge is 0.321 e. The molecule has 2 N–H and O–H groups in total. The number of carbonyl (C=O) groups is 1. The van der Waals surface area contributed by atoms with E-state index in [1.807, 2.05) is 0 Å². The van der Waals surface area contributed by atoms with Crippen molar-refractivity contribution in [2.45, 2.75) is 24.0 Å². The van der Waals surface area contributed by atoms with Crippen molar-refractivity contribution in [2.24, 2.45) is 0 Å². The first kappa shape index (κ1) is 14.7. The fourth-order valence-corrected chi connectivity index (χ4v) is 2.57. The quantitative estimate of drug-likeness (QED) is 0.827. The number of rotatable bonds is 2. The zero-order valence-corrected chi connectivity index (χ0v) is 11.9. The van der Waals surface area contributed by atoms with Gasteiger partial charge in [0.25, 0.3) is 0 Å². The van der Waals surface area contributed by atoms with Gasteiger partial charge in [-0.25, -0.2) is 18.2 Å². The standard InChI is InChI=1S/C12H17N3O4S/c1-20(18,19)11-5-4-9(7-13-11)14-12(17)15-6-2-3-10(16)8-15/h4-5,7,10,16H,2-3,6,8H2,1H3,(H,14,17). The molecular formula is C12H17N3O4S. The van der Waals surface area contributed by atoms with E-state index in [2.05, 4.69) is 10.3 Å². The van der Waals surface area contributed by atoms with Crippen LogP contribution in [0, 0.1) is 0 Å². The number of hydrogen-bond acceptors (Lipinski definition) is 5. The summed E-state index contributed by atoms with van der Waals surface area (Å²) in [6.07, 6.45) is 3.35. The van der Waals surface area contributed by atoms with Gasteiger partial charge in [-0.05, 0) is 25.0 Å². The van der Waals surface area contributed by atoms with Crippen LogP contribution in [0.1, 0.15) is 12.8 Å². The van der Waals surface area contributed by atoms with E-state index in [4.69, 9.17) is 0 Å². The van der Waals surface area contributed by atoms with E-state index < -0.39 is 15.9 Å². The van der Waals surface area contributed by atoms with Crippen molar-refractivity contribution in [2.75, 3.05) is 24.7 Å². The third kappa shape index (κ3) is 3.67. The van der Waals surface area contributed by atoms with Crippen LogP contribution in [-0.2, 0) is 9.84 Å². The summed E-state index contributed by atoms with van der Waals surface area (Å²) >= 11 is 0. The van der Waals surface area contributed by atoms with Gasteiger partial charge in [0.2, 0.25) is 0 Å². The first-order valence-corrected chi connectivity index (χ1v) is 8.15. The van der Waals surface area contributed by atoms with Crippen molar-refractivity contribution < 1.29 is 18.3 Å². The van der Waals surface area contributed by atoms with E-state index in [1.54, 1.807) is 0 Å². The lowest BCUT2D eigenvalue weighted by Gasteiger charge is -2.30. The first-order valence-electron chi connectivity index (χ1n) is 6.26. The minimum atomic E-state index is -3.34. The number of anilines is 1. The largest absolute Gasteiger partial charge is 0.391 e. The third-order valence-electron chi connectivity index (χ3n) is 3.05. The molecule has 8 heteroatoms. The highest BCUT2D eigenvalue weighted by Crippen LogP contribution is 2.14. The summed E-state index contributed by atoms with van der Waals surface area (Å²) in [7, 11) is -3.34. The van der Waals surface area contributed by atoms with Crippen LogP contribution in [0.3, 0.4) is 0 Å². The lowest BCUT2D eigenvalue weighted by molar-refractivity contribution is 0.0883. The van der Waals surface area contributed by atoms with Crippen molar-refractivity contribution in [3.05, 3.63) is 18.3 Å². The number of likely N-dealkylation sites (tertiary alicyclic amines) is 1. The van der Waals surface area contributed by atoms with E-state index in [0.29, 0.717) is 25.2 Å². The third-order valence-corrected chi connectivity index (χ3v) is 4.05. The molecule has 0 radical (unpaired) electrons. The number of piperidine rings is 1. The number of aliphatic hydroxyl groups is 1. The number of amides is 2. The van der Waals surface area contributed by atoms with Gasteiger partial charge in [0, 0.05) is 19.3 Å². The summed E-state index contributed by atoms with van der Waals surface area (Å²) in [5, 5.41) is 12.1.